The van der Waals surface area contributed by atoms with E-state index in [-0.39, 0.29) is 0 Å². The Morgan fingerprint density at radius 1 is 1.12 bits per heavy atom. The first kappa shape index (κ1) is 19.9. The zero-order valence-electron chi connectivity index (χ0n) is 13.4. The summed E-state index contributed by atoms with van der Waals surface area (Å²) in [5.74, 6) is -4.63. The van der Waals surface area contributed by atoms with Gasteiger partial charge in [0, 0.05) is 11.6 Å². The Morgan fingerprint density at radius 3 is 2.27 bits per heavy atom. The Kier molecular flexibility index (Phi) is 6.04. The maximum Gasteiger partial charge on any atom is 0.413 e. The third kappa shape index (κ3) is 4.83. The van der Waals surface area contributed by atoms with Crippen LogP contribution >= 0.6 is 0 Å². The monoisotopic (exact) mass is 380 g/mol. The van der Waals surface area contributed by atoms with E-state index in [4.69, 9.17) is 5.11 Å². The molecular formula is C16H17F5N2O3. The quantitative estimate of drug-likeness (QED) is 0.700. The average Bonchev–Trinajstić information content (AvgIpc) is 2.55. The number of amides is 2. The largest absolute Gasteiger partial charge is 0.481 e. The zero-order chi connectivity index (χ0) is 19.5. The van der Waals surface area contributed by atoms with Gasteiger partial charge in [-0.25, -0.2) is 13.6 Å². The number of halogens is 5. The first-order valence-electron chi connectivity index (χ1n) is 7.90. The lowest BCUT2D eigenvalue weighted by atomic mass is 9.86. The fourth-order valence-electron chi connectivity index (χ4n) is 2.92. The molecule has 0 heterocycles. The second-order valence-corrected chi connectivity index (χ2v) is 6.12. The summed E-state index contributed by atoms with van der Waals surface area (Å²) in [7, 11) is 0. The van der Waals surface area contributed by atoms with Crippen molar-refractivity contribution >= 4 is 12.0 Å². The third-order valence-electron chi connectivity index (χ3n) is 4.31. The summed E-state index contributed by atoms with van der Waals surface area (Å²) in [6.45, 7) is 0. The Balaban J connectivity index is 2.04. The Hall–Kier alpha value is -2.39. The van der Waals surface area contributed by atoms with Crippen molar-refractivity contribution in [3.8, 4) is 0 Å². The van der Waals surface area contributed by atoms with Gasteiger partial charge in [-0.3, -0.25) is 4.79 Å². The Bertz CT molecular complexity index is 672. The number of carbonyl (C=O) groups is 2. The number of rotatable bonds is 4. The molecule has 1 saturated carbocycles. The first-order valence-corrected chi connectivity index (χ1v) is 7.90. The lowest BCUT2D eigenvalue weighted by molar-refractivity contribution is -0.155. The fourth-order valence-corrected chi connectivity index (χ4v) is 2.92. The molecule has 1 aliphatic carbocycles. The molecule has 0 bridgehead atoms. The fraction of sp³-hybridized carbons (Fsp3) is 0.500. The van der Waals surface area contributed by atoms with Crippen molar-refractivity contribution in [3.63, 3.8) is 0 Å². The minimum Gasteiger partial charge on any atom is -0.481 e. The molecule has 10 heteroatoms. The van der Waals surface area contributed by atoms with Crippen LogP contribution in [0.5, 0.6) is 0 Å². The van der Waals surface area contributed by atoms with Gasteiger partial charge in [0.05, 0.1) is 5.92 Å². The van der Waals surface area contributed by atoms with Crippen LogP contribution in [0.3, 0.4) is 0 Å². The van der Waals surface area contributed by atoms with E-state index >= 15 is 0 Å². The minimum atomic E-state index is -5.03. The number of carboxylic acid groups (broad SMARTS) is 1. The molecule has 0 radical (unpaired) electrons. The molecule has 2 amide bonds. The summed E-state index contributed by atoms with van der Waals surface area (Å²) >= 11 is 0. The van der Waals surface area contributed by atoms with E-state index in [1.165, 1.54) is 0 Å². The van der Waals surface area contributed by atoms with Gasteiger partial charge in [-0.15, -0.1) is 0 Å². The molecule has 1 aromatic carbocycles. The summed E-state index contributed by atoms with van der Waals surface area (Å²) in [6.07, 6.45) is -3.85. The molecule has 1 unspecified atom stereocenters. The molecule has 1 fully saturated rings. The molecule has 2 rings (SSSR count). The van der Waals surface area contributed by atoms with Gasteiger partial charge in [0.2, 0.25) is 0 Å². The van der Waals surface area contributed by atoms with E-state index in [1.807, 2.05) is 0 Å². The van der Waals surface area contributed by atoms with Crippen LogP contribution in [0.25, 0.3) is 0 Å². The molecule has 1 aromatic rings. The number of nitrogens with one attached hydrogen (secondary N) is 2. The maximum atomic E-state index is 13.7. The van der Waals surface area contributed by atoms with Crippen molar-refractivity contribution < 1.29 is 36.6 Å². The molecular weight excluding hydrogens is 363 g/mol. The van der Waals surface area contributed by atoms with Gasteiger partial charge in [0.15, 0.2) is 17.7 Å². The normalized spacial score (nSPS) is 21.7. The molecule has 1 atom stereocenters. The summed E-state index contributed by atoms with van der Waals surface area (Å²) in [5, 5.41) is 12.8. The summed E-state index contributed by atoms with van der Waals surface area (Å²) in [4.78, 5) is 22.8. The molecule has 0 spiro atoms. The number of hydrogen-bond donors (Lipinski definition) is 3. The Morgan fingerprint density at radius 2 is 1.73 bits per heavy atom. The summed E-state index contributed by atoms with van der Waals surface area (Å²) in [5.41, 5.74) is -1.03. The highest BCUT2D eigenvalue weighted by atomic mass is 19.4. The van der Waals surface area contributed by atoms with Crippen molar-refractivity contribution in [2.75, 3.05) is 0 Å². The number of hydrogen-bond acceptors (Lipinski definition) is 2. The molecule has 0 aromatic heterocycles. The average molecular weight is 380 g/mol. The molecule has 5 nitrogen and oxygen atoms in total. The van der Waals surface area contributed by atoms with E-state index in [0.29, 0.717) is 31.7 Å². The zero-order valence-corrected chi connectivity index (χ0v) is 13.4. The smallest absolute Gasteiger partial charge is 0.413 e. The maximum absolute atomic E-state index is 13.7. The van der Waals surface area contributed by atoms with Crippen LogP contribution in [0, 0.1) is 17.6 Å². The molecule has 3 N–H and O–H groups in total. The van der Waals surface area contributed by atoms with Crippen molar-refractivity contribution in [1.29, 1.82) is 0 Å². The number of carbonyl (C=O) groups excluding carboxylic acids is 1. The van der Waals surface area contributed by atoms with Crippen molar-refractivity contribution in [2.45, 2.75) is 43.9 Å². The van der Waals surface area contributed by atoms with E-state index in [2.05, 4.69) is 5.32 Å². The van der Waals surface area contributed by atoms with Gasteiger partial charge >= 0.3 is 18.2 Å². The number of alkyl halides is 3. The standard InChI is InChI=1S/C16H17F5N2O3/c17-11-3-1-2-10(12(11)18)13(16(19,20)21)23-15(26)22-9-6-4-8(5-7-9)14(24)25/h1-3,8-9,13H,4-7H2,(H,24,25)(H2,22,23,26). The van der Waals surface area contributed by atoms with Crippen LogP contribution in [-0.2, 0) is 4.79 Å². The highest BCUT2D eigenvalue weighted by Gasteiger charge is 2.44. The molecule has 144 valence electrons. The molecule has 1 aliphatic rings. The number of benzene rings is 1. The lowest BCUT2D eigenvalue weighted by Gasteiger charge is -2.28. The second kappa shape index (κ2) is 7.88. The molecule has 0 aliphatic heterocycles. The summed E-state index contributed by atoms with van der Waals surface area (Å²) < 4.78 is 66.5. The third-order valence-corrected chi connectivity index (χ3v) is 4.31. The van der Waals surface area contributed by atoms with E-state index in [0.717, 1.165) is 12.1 Å². The second-order valence-electron chi connectivity index (χ2n) is 6.12. The van der Waals surface area contributed by atoms with Gasteiger partial charge < -0.3 is 15.7 Å². The molecule has 0 saturated heterocycles. The molecule has 26 heavy (non-hydrogen) atoms. The predicted molar refractivity (Wildman–Crippen MR) is 80.2 cm³/mol. The Labute approximate surface area is 145 Å². The van der Waals surface area contributed by atoms with Crippen molar-refractivity contribution in [3.05, 3.63) is 35.4 Å². The number of carboxylic acids is 1. The van der Waals surface area contributed by atoms with Crippen molar-refractivity contribution in [1.82, 2.24) is 10.6 Å². The topological polar surface area (TPSA) is 78.4 Å². The van der Waals surface area contributed by atoms with Crippen LogP contribution in [0.1, 0.15) is 37.3 Å². The summed E-state index contributed by atoms with van der Waals surface area (Å²) in [6, 6.07) is -2.05. The van der Waals surface area contributed by atoms with E-state index in [1.54, 1.807) is 5.32 Å². The SMILES string of the molecule is O=C(NC1CCC(C(=O)O)CC1)NC(c1cccc(F)c1F)C(F)(F)F. The van der Waals surface area contributed by atoms with Crippen LogP contribution in [0.15, 0.2) is 18.2 Å². The van der Waals surface area contributed by atoms with Gasteiger partial charge in [-0.05, 0) is 31.7 Å². The van der Waals surface area contributed by atoms with Gasteiger partial charge in [0.25, 0.3) is 0 Å². The predicted octanol–water partition coefficient (Wildman–Crippen LogP) is 3.51. The van der Waals surface area contributed by atoms with Gasteiger partial charge in [-0.1, -0.05) is 12.1 Å². The van der Waals surface area contributed by atoms with Gasteiger partial charge in [-0.2, -0.15) is 13.2 Å². The first-order chi connectivity index (χ1) is 12.1. The van der Waals surface area contributed by atoms with E-state index in [9.17, 15) is 31.5 Å². The minimum absolute atomic E-state index is 0.293. The van der Waals surface area contributed by atoms with Crippen LogP contribution in [0.4, 0.5) is 26.7 Å². The highest BCUT2D eigenvalue weighted by Crippen LogP contribution is 2.34. The van der Waals surface area contributed by atoms with Crippen molar-refractivity contribution in [2.24, 2.45) is 5.92 Å². The number of aliphatic carboxylic acids is 1. The van der Waals surface area contributed by atoms with Crippen LogP contribution in [0.2, 0.25) is 0 Å². The van der Waals surface area contributed by atoms with Crippen LogP contribution in [-0.4, -0.2) is 29.3 Å². The van der Waals surface area contributed by atoms with E-state index < -0.39 is 53.4 Å². The highest BCUT2D eigenvalue weighted by molar-refractivity contribution is 5.75. The lowest BCUT2D eigenvalue weighted by Crippen LogP contribution is -2.48. The number of urea groups is 1. The van der Waals surface area contributed by atoms with Gasteiger partial charge in [0.1, 0.15) is 0 Å². The van der Waals surface area contributed by atoms with Crippen LogP contribution < -0.4 is 10.6 Å².